The lowest BCUT2D eigenvalue weighted by atomic mass is 9.82. The van der Waals surface area contributed by atoms with Crippen molar-refractivity contribution in [3.05, 3.63) is 83.7 Å². The number of carbonyl (C=O) groups excluding carboxylic acids is 4. The number of halogens is 6. The maximum Gasteiger partial charge on any atom is 0.490 e. The molecule has 13 nitrogen and oxygen atoms in total. The number of hydrogen-bond acceptors (Lipinski definition) is 7. The summed E-state index contributed by atoms with van der Waals surface area (Å²) < 4.78 is 62.8. The third kappa shape index (κ3) is 15.3. The lowest BCUT2D eigenvalue weighted by Crippen LogP contribution is -2.48. The van der Waals surface area contributed by atoms with Crippen LogP contribution in [0.5, 0.6) is 0 Å². The molecule has 0 bridgehead atoms. The predicted octanol–water partition coefficient (Wildman–Crippen LogP) is 3.87. The van der Waals surface area contributed by atoms with E-state index in [-0.39, 0.29) is 61.7 Å². The van der Waals surface area contributed by atoms with Crippen LogP contribution in [0.3, 0.4) is 0 Å². The van der Waals surface area contributed by atoms with E-state index in [2.05, 4.69) is 31.9 Å². The fourth-order valence-corrected chi connectivity index (χ4v) is 5.68. The minimum absolute atomic E-state index is 0.00127. The van der Waals surface area contributed by atoms with Crippen LogP contribution < -0.4 is 21.7 Å². The number of carboxylic acid groups (broad SMARTS) is 1. The third-order valence-corrected chi connectivity index (χ3v) is 8.54. The average molecular weight is 862 g/mol. The van der Waals surface area contributed by atoms with Crippen LogP contribution in [0.4, 0.5) is 22.0 Å². The number of hydrogen-bond donors (Lipinski definition) is 6. The van der Waals surface area contributed by atoms with Crippen molar-refractivity contribution in [2.24, 2.45) is 11.1 Å². The zero-order valence-corrected chi connectivity index (χ0v) is 32.6. The highest BCUT2D eigenvalue weighted by Gasteiger charge is 2.39. The number of aliphatic hydroxyl groups is 1. The summed E-state index contributed by atoms with van der Waals surface area (Å²) >= 11 is 3.03. The van der Waals surface area contributed by atoms with E-state index in [4.69, 9.17) is 15.6 Å². The van der Waals surface area contributed by atoms with E-state index in [1.165, 1.54) is 4.90 Å². The van der Waals surface area contributed by atoms with E-state index in [1.807, 2.05) is 55.7 Å². The van der Waals surface area contributed by atoms with Gasteiger partial charge in [-0.1, -0.05) is 67.0 Å². The van der Waals surface area contributed by atoms with Crippen molar-refractivity contribution in [2.75, 3.05) is 38.1 Å². The lowest BCUT2D eigenvalue weighted by Gasteiger charge is -2.41. The number of aliphatic hydroxyl groups excluding tert-OH is 1. The van der Waals surface area contributed by atoms with Crippen LogP contribution in [0.1, 0.15) is 50.9 Å². The number of aliphatic carboxylic acids is 1. The van der Waals surface area contributed by atoms with Crippen LogP contribution in [0, 0.1) is 17.0 Å². The van der Waals surface area contributed by atoms with Gasteiger partial charge in [-0.25, -0.2) is 13.6 Å². The number of benzene rings is 2. The highest BCUT2D eigenvalue weighted by Crippen LogP contribution is 2.41. The van der Waals surface area contributed by atoms with Gasteiger partial charge in [-0.05, 0) is 41.7 Å². The van der Waals surface area contributed by atoms with Crippen LogP contribution in [0.25, 0.3) is 11.1 Å². The SMILES string of the molecule is CC(C)(C)C(c1cc(-c2cc(F)ccc2F)cn1Cc1ccccc1)N(CCC(N)C(=O)NCCC(=O)NCCNC(=O)CBr)C(=O)CO.O=C(O)C(F)(F)F. The topological polar surface area (TPSA) is 196 Å². The van der Waals surface area contributed by atoms with E-state index < -0.39 is 59.7 Å². The summed E-state index contributed by atoms with van der Waals surface area (Å²) in [5.74, 6) is -5.58. The Bertz CT molecular complexity index is 1790. The van der Waals surface area contributed by atoms with Gasteiger partial charge in [0.1, 0.15) is 18.2 Å². The second-order valence-corrected chi connectivity index (χ2v) is 14.0. The highest BCUT2D eigenvalue weighted by atomic mass is 79.9. The number of rotatable bonds is 17. The molecule has 1 heterocycles. The molecule has 4 amide bonds. The van der Waals surface area contributed by atoms with Crippen molar-refractivity contribution >= 4 is 45.5 Å². The monoisotopic (exact) mass is 860 g/mol. The minimum Gasteiger partial charge on any atom is -0.475 e. The van der Waals surface area contributed by atoms with Gasteiger partial charge < -0.3 is 41.4 Å². The van der Waals surface area contributed by atoms with Gasteiger partial charge in [0.2, 0.25) is 23.6 Å². The molecule has 0 aliphatic rings. The molecule has 0 saturated heterocycles. The average Bonchev–Trinajstić information content (AvgIpc) is 3.53. The lowest BCUT2D eigenvalue weighted by molar-refractivity contribution is -0.192. The number of amides is 4. The van der Waals surface area contributed by atoms with Crippen molar-refractivity contribution < 1.29 is 56.1 Å². The first kappa shape index (κ1) is 47.3. The van der Waals surface area contributed by atoms with Gasteiger partial charge in [0.15, 0.2) is 0 Å². The number of carboxylic acids is 1. The molecule has 0 radical (unpaired) electrons. The van der Waals surface area contributed by atoms with Gasteiger partial charge in [0.25, 0.3) is 0 Å². The Hall–Kier alpha value is -4.88. The molecule has 1 aromatic heterocycles. The Morgan fingerprint density at radius 1 is 0.911 bits per heavy atom. The normalized spacial score (nSPS) is 12.4. The van der Waals surface area contributed by atoms with Crippen LogP contribution in [-0.2, 0) is 30.5 Å². The molecule has 56 heavy (non-hydrogen) atoms. The fraction of sp³-hybridized carbons (Fsp3) is 0.432. The van der Waals surface area contributed by atoms with E-state index in [0.29, 0.717) is 17.8 Å². The number of nitrogens with one attached hydrogen (secondary N) is 3. The maximum atomic E-state index is 15.0. The standard InChI is InChI=1S/C35H45BrF2N6O5.C2HF3O2/c1-35(2,3)33(29-17-24(26-18-25(37)9-10-27(26)38)21-43(29)20-23-7-5-4-6-8-23)44(32(48)22-45)16-12-28(39)34(49)42-13-11-30(46)40-14-15-41-31(47)19-36;3-2(4,5)1(6)7/h4-10,17-18,21,28,33,45H,11-16,19-20,22,39H2,1-3H3,(H,40,46)(H,41,47)(H,42,49);(H,6,7). The second-order valence-electron chi connectivity index (χ2n) is 13.5. The van der Waals surface area contributed by atoms with E-state index in [1.54, 1.807) is 12.3 Å². The van der Waals surface area contributed by atoms with Gasteiger partial charge in [-0.2, -0.15) is 13.2 Å². The van der Waals surface area contributed by atoms with Gasteiger partial charge in [0, 0.05) is 62.2 Å². The van der Waals surface area contributed by atoms with Crippen molar-refractivity contribution in [3.8, 4) is 11.1 Å². The molecule has 2 atom stereocenters. The molecule has 0 saturated carbocycles. The quantitative estimate of drug-likeness (QED) is 0.0669. The van der Waals surface area contributed by atoms with Gasteiger partial charge in [-0.3, -0.25) is 19.2 Å². The summed E-state index contributed by atoms with van der Waals surface area (Å²) in [5.41, 5.74) is 7.62. The molecule has 0 fully saturated rings. The first-order chi connectivity index (χ1) is 26.2. The first-order valence-corrected chi connectivity index (χ1v) is 18.3. The molecule has 2 unspecified atom stereocenters. The molecular formula is C37H46BrF5N6O7. The number of aromatic nitrogens is 1. The number of carbonyl (C=O) groups is 5. The summed E-state index contributed by atoms with van der Waals surface area (Å²) in [6.45, 7) is 5.86. The Labute approximate surface area is 328 Å². The summed E-state index contributed by atoms with van der Waals surface area (Å²) in [7, 11) is 0. The molecule has 7 N–H and O–H groups in total. The zero-order chi connectivity index (χ0) is 42.2. The van der Waals surface area contributed by atoms with Crippen LogP contribution in [0.2, 0.25) is 0 Å². The smallest absolute Gasteiger partial charge is 0.475 e. The summed E-state index contributed by atoms with van der Waals surface area (Å²) in [6.07, 6.45) is -3.33. The maximum absolute atomic E-state index is 15.0. The van der Waals surface area contributed by atoms with Crippen LogP contribution in [0.15, 0.2) is 60.8 Å². The molecule has 3 rings (SSSR count). The summed E-state index contributed by atoms with van der Waals surface area (Å²) in [6, 6.07) is 12.8. The van der Waals surface area contributed by atoms with Crippen molar-refractivity contribution in [1.82, 2.24) is 25.4 Å². The third-order valence-electron chi connectivity index (χ3n) is 8.04. The number of nitrogens with two attached hydrogens (primary N) is 1. The fourth-order valence-electron chi connectivity index (χ4n) is 5.48. The van der Waals surface area contributed by atoms with Crippen molar-refractivity contribution in [3.63, 3.8) is 0 Å². The van der Waals surface area contributed by atoms with Crippen LogP contribution >= 0.6 is 15.9 Å². The predicted molar refractivity (Wildman–Crippen MR) is 200 cm³/mol. The number of alkyl halides is 4. The van der Waals surface area contributed by atoms with E-state index in [0.717, 1.165) is 23.8 Å². The largest absolute Gasteiger partial charge is 0.490 e. The second kappa shape index (κ2) is 22.0. The van der Waals surface area contributed by atoms with Crippen LogP contribution in [-0.4, -0.2) is 99.6 Å². The Kier molecular flexibility index (Phi) is 18.6. The molecule has 0 spiro atoms. The number of nitrogens with zero attached hydrogens (tertiary/aromatic N) is 2. The van der Waals surface area contributed by atoms with Crippen molar-refractivity contribution in [1.29, 1.82) is 0 Å². The van der Waals surface area contributed by atoms with Crippen molar-refractivity contribution in [2.45, 2.75) is 58.4 Å². The first-order valence-electron chi connectivity index (χ1n) is 17.2. The molecule has 0 aliphatic carbocycles. The van der Waals surface area contributed by atoms with Gasteiger partial charge in [-0.15, -0.1) is 0 Å². The van der Waals surface area contributed by atoms with Gasteiger partial charge in [0.05, 0.1) is 17.4 Å². The summed E-state index contributed by atoms with van der Waals surface area (Å²) in [5, 5.41) is 25.2. The van der Waals surface area contributed by atoms with E-state index >= 15 is 0 Å². The highest BCUT2D eigenvalue weighted by molar-refractivity contribution is 9.09. The zero-order valence-electron chi connectivity index (χ0n) is 31.0. The Morgan fingerprint density at radius 3 is 2.07 bits per heavy atom. The summed E-state index contributed by atoms with van der Waals surface area (Å²) in [4.78, 5) is 59.9. The Morgan fingerprint density at radius 2 is 1.52 bits per heavy atom. The molecule has 3 aromatic rings. The molecule has 19 heteroatoms. The minimum atomic E-state index is -5.08. The molecule has 2 aromatic carbocycles. The van der Waals surface area contributed by atoms with E-state index in [9.17, 15) is 46.2 Å². The van der Waals surface area contributed by atoms with Gasteiger partial charge >= 0.3 is 12.1 Å². The molecular weight excluding hydrogens is 815 g/mol. The Balaban J connectivity index is 0.00000141. The molecule has 308 valence electrons. The molecule has 0 aliphatic heterocycles.